The van der Waals surface area contributed by atoms with Crippen LogP contribution in [0.15, 0.2) is 42.5 Å². The van der Waals surface area contributed by atoms with Crippen molar-refractivity contribution in [3.63, 3.8) is 0 Å². The van der Waals surface area contributed by atoms with Gasteiger partial charge in [0.25, 0.3) is 0 Å². The van der Waals surface area contributed by atoms with Crippen LogP contribution in [0.2, 0.25) is 0 Å². The van der Waals surface area contributed by atoms with Crippen LogP contribution in [0.3, 0.4) is 0 Å². The molecule has 8 heteroatoms. The molecule has 7 nitrogen and oxygen atoms in total. The van der Waals surface area contributed by atoms with Crippen LogP contribution in [-0.4, -0.2) is 66.3 Å². The van der Waals surface area contributed by atoms with Gasteiger partial charge in [-0.3, -0.25) is 0 Å². The van der Waals surface area contributed by atoms with E-state index in [1.165, 1.54) is 11.3 Å². The number of carbonyl (C=O) groups is 1. The van der Waals surface area contributed by atoms with E-state index in [9.17, 15) is 9.90 Å². The van der Waals surface area contributed by atoms with Gasteiger partial charge in [0, 0.05) is 49.4 Å². The first-order valence-electron chi connectivity index (χ1n) is 13.6. The van der Waals surface area contributed by atoms with Crippen molar-refractivity contribution in [2.24, 2.45) is 0 Å². The number of thioether (sulfide) groups is 1. The molecule has 0 radical (unpaired) electrons. The Kier molecular flexibility index (Phi) is 7.70. The molecule has 1 saturated carbocycles. The summed E-state index contributed by atoms with van der Waals surface area (Å²) in [6, 6.07) is 14.1. The third kappa shape index (κ3) is 5.55. The van der Waals surface area contributed by atoms with Crippen molar-refractivity contribution in [1.82, 2.24) is 9.97 Å². The van der Waals surface area contributed by atoms with E-state index in [0.29, 0.717) is 12.3 Å². The molecule has 0 bridgehead atoms. The minimum Gasteiger partial charge on any atom is -0.480 e. The highest BCUT2D eigenvalue weighted by Crippen LogP contribution is 2.47. The Labute approximate surface area is 230 Å². The van der Waals surface area contributed by atoms with Gasteiger partial charge in [0.15, 0.2) is 0 Å². The van der Waals surface area contributed by atoms with Gasteiger partial charge in [-0.05, 0) is 79.9 Å². The minimum atomic E-state index is -0.826. The molecule has 3 aromatic rings. The summed E-state index contributed by atoms with van der Waals surface area (Å²) in [5.41, 5.74) is 4.52. The molecular formula is C30H39N5O2S. The molecule has 0 unspecified atom stereocenters. The van der Waals surface area contributed by atoms with Crippen LogP contribution in [-0.2, 0) is 10.2 Å². The van der Waals surface area contributed by atoms with E-state index in [1.54, 1.807) is 11.8 Å². The van der Waals surface area contributed by atoms with Crippen LogP contribution in [0, 0.1) is 0 Å². The number of anilines is 3. The first-order chi connectivity index (χ1) is 18.3. The van der Waals surface area contributed by atoms with Crippen LogP contribution in [0.1, 0.15) is 56.3 Å². The van der Waals surface area contributed by atoms with Gasteiger partial charge in [0.2, 0.25) is 0 Å². The molecule has 1 aromatic heterocycles. The lowest BCUT2D eigenvalue weighted by Crippen LogP contribution is -2.34. The number of piperidine rings is 1. The number of nitrogens with zero attached hydrogens (tertiary/aromatic N) is 4. The normalized spacial score (nSPS) is 17.8. The summed E-state index contributed by atoms with van der Waals surface area (Å²) in [6.45, 7) is 4.11. The Hall–Kier alpha value is -3.00. The number of hydrogen-bond donors (Lipinski definition) is 2. The molecular weight excluding hydrogens is 494 g/mol. The van der Waals surface area contributed by atoms with Gasteiger partial charge in [-0.2, -0.15) is 11.8 Å². The van der Waals surface area contributed by atoms with Gasteiger partial charge < -0.3 is 20.2 Å². The summed E-state index contributed by atoms with van der Waals surface area (Å²) < 4.78 is 0. The number of carboxylic acids is 1. The molecule has 0 amide bonds. The zero-order valence-electron chi connectivity index (χ0n) is 22.9. The number of nitrogens with one attached hydrogen (secondary N) is 1. The number of para-hydroxylation sites is 1. The van der Waals surface area contributed by atoms with Crippen LogP contribution in [0.5, 0.6) is 0 Å². The lowest BCUT2D eigenvalue weighted by molar-refractivity contribution is -0.137. The average molecular weight is 534 g/mol. The van der Waals surface area contributed by atoms with Crippen molar-refractivity contribution < 1.29 is 9.90 Å². The molecule has 1 atom stereocenters. The van der Waals surface area contributed by atoms with Crippen molar-refractivity contribution in [3.8, 4) is 0 Å². The van der Waals surface area contributed by atoms with Crippen molar-refractivity contribution in [3.05, 3.63) is 53.9 Å². The maximum Gasteiger partial charge on any atom is 0.326 e. The molecule has 5 rings (SSSR count). The Balaban J connectivity index is 1.44. The number of aromatic nitrogens is 2. The Bertz CT molecular complexity index is 1300. The van der Waals surface area contributed by atoms with Gasteiger partial charge in [0.05, 0.1) is 5.52 Å². The van der Waals surface area contributed by atoms with Gasteiger partial charge in [0.1, 0.15) is 17.7 Å². The number of benzene rings is 2. The zero-order chi connectivity index (χ0) is 26.9. The van der Waals surface area contributed by atoms with E-state index in [0.717, 1.165) is 72.8 Å². The lowest BCUT2D eigenvalue weighted by atomic mass is 9.88. The summed E-state index contributed by atoms with van der Waals surface area (Å²) in [7, 11) is 4.23. The second kappa shape index (κ2) is 11.0. The van der Waals surface area contributed by atoms with E-state index in [2.05, 4.69) is 60.4 Å². The standard InChI is InChI=1S/C30H39N5O2S/c1-30(14-15-30)29-32-24-10-9-21(31-25(28(36)37)13-18-38-4)19-23(24)27(33-29)35-16-11-20(12-17-35)22-7-5-6-8-26(22)34(2)3/h5-10,19-20,25,31H,11-18H2,1-4H3,(H,36,37)/t25-/m0/s1. The number of rotatable bonds is 10. The third-order valence-corrected chi connectivity index (χ3v) is 8.76. The molecule has 1 aliphatic heterocycles. The number of hydrogen-bond acceptors (Lipinski definition) is 7. The smallest absolute Gasteiger partial charge is 0.326 e. The first kappa shape index (κ1) is 26.6. The van der Waals surface area contributed by atoms with Crippen molar-refractivity contribution in [1.29, 1.82) is 0 Å². The van der Waals surface area contributed by atoms with Gasteiger partial charge >= 0.3 is 5.97 Å². The average Bonchev–Trinajstić information content (AvgIpc) is 3.68. The Morgan fingerprint density at radius 2 is 1.92 bits per heavy atom. The van der Waals surface area contributed by atoms with Crippen molar-refractivity contribution >= 4 is 45.8 Å². The fourth-order valence-electron chi connectivity index (χ4n) is 5.46. The van der Waals surface area contributed by atoms with Crippen molar-refractivity contribution in [2.45, 2.75) is 56.4 Å². The van der Waals surface area contributed by atoms with Gasteiger partial charge in [-0.25, -0.2) is 14.8 Å². The molecule has 2 heterocycles. The number of carboxylic acid groups (broad SMARTS) is 1. The molecule has 202 valence electrons. The number of fused-ring (bicyclic) bond motifs is 1. The highest BCUT2D eigenvalue weighted by atomic mass is 32.2. The fraction of sp³-hybridized carbons (Fsp3) is 0.500. The molecule has 2 fully saturated rings. The van der Waals surface area contributed by atoms with Crippen LogP contribution in [0.4, 0.5) is 17.2 Å². The fourth-order valence-corrected chi connectivity index (χ4v) is 5.93. The minimum absolute atomic E-state index is 0.0645. The van der Waals surface area contributed by atoms with E-state index >= 15 is 0 Å². The van der Waals surface area contributed by atoms with Gasteiger partial charge in [-0.15, -0.1) is 0 Å². The second-order valence-electron chi connectivity index (χ2n) is 11.2. The predicted octanol–water partition coefficient (Wildman–Crippen LogP) is 5.75. The summed E-state index contributed by atoms with van der Waals surface area (Å²) >= 11 is 1.66. The largest absolute Gasteiger partial charge is 0.480 e. The maximum absolute atomic E-state index is 11.9. The quantitative estimate of drug-likeness (QED) is 0.341. The molecule has 1 saturated heterocycles. The summed E-state index contributed by atoms with van der Waals surface area (Å²) in [4.78, 5) is 26.6. The summed E-state index contributed by atoms with van der Waals surface area (Å²) in [5.74, 6) is 2.40. The van der Waals surface area contributed by atoms with Crippen LogP contribution < -0.4 is 15.1 Å². The topological polar surface area (TPSA) is 81.6 Å². The van der Waals surface area contributed by atoms with Crippen LogP contribution >= 0.6 is 11.8 Å². The molecule has 2 N–H and O–H groups in total. The molecule has 1 aliphatic carbocycles. The van der Waals surface area contributed by atoms with Crippen LogP contribution in [0.25, 0.3) is 10.9 Å². The lowest BCUT2D eigenvalue weighted by Gasteiger charge is -2.35. The molecule has 0 spiro atoms. The first-order valence-corrected chi connectivity index (χ1v) is 15.0. The highest BCUT2D eigenvalue weighted by Gasteiger charge is 2.43. The SMILES string of the molecule is CSCC[C@H](Nc1ccc2nc(C3(C)CC3)nc(N3CCC(c4ccccc4N(C)C)CC3)c2c1)C(=O)O. The Morgan fingerprint density at radius 1 is 1.18 bits per heavy atom. The second-order valence-corrected chi connectivity index (χ2v) is 12.2. The monoisotopic (exact) mass is 533 g/mol. The Morgan fingerprint density at radius 3 is 2.58 bits per heavy atom. The third-order valence-electron chi connectivity index (χ3n) is 8.12. The zero-order valence-corrected chi connectivity index (χ0v) is 23.7. The van der Waals surface area contributed by atoms with E-state index in [1.807, 2.05) is 24.5 Å². The van der Waals surface area contributed by atoms with E-state index in [4.69, 9.17) is 9.97 Å². The van der Waals surface area contributed by atoms with Gasteiger partial charge in [-0.1, -0.05) is 25.1 Å². The number of aliphatic carboxylic acids is 1. The summed E-state index contributed by atoms with van der Waals surface area (Å²) in [5, 5.41) is 14.0. The highest BCUT2D eigenvalue weighted by molar-refractivity contribution is 7.98. The summed E-state index contributed by atoms with van der Waals surface area (Å²) in [6.07, 6.45) is 6.94. The van der Waals surface area contributed by atoms with E-state index < -0.39 is 12.0 Å². The maximum atomic E-state index is 11.9. The molecule has 2 aromatic carbocycles. The molecule has 2 aliphatic rings. The molecule has 38 heavy (non-hydrogen) atoms. The predicted molar refractivity (Wildman–Crippen MR) is 159 cm³/mol. The van der Waals surface area contributed by atoms with E-state index in [-0.39, 0.29) is 5.41 Å². The van der Waals surface area contributed by atoms with Crippen molar-refractivity contribution in [2.75, 3.05) is 54.3 Å².